The monoisotopic (exact) mass is 250 g/mol. The Labute approximate surface area is 108 Å². The number of carbonyl (C=O) groups excluding carboxylic acids is 1. The van der Waals surface area contributed by atoms with Gasteiger partial charge in [0.1, 0.15) is 5.69 Å². The molecule has 1 fully saturated rings. The standard InChI is InChI=1S/C13H22N4O/c1-2-17-12(11(14)9-16-17)13(18)15-8-10-6-4-3-5-7-10/h9-10H,2-8,14H2,1H3,(H,15,18). The van der Waals surface area contributed by atoms with Crippen molar-refractivity contribution in [1.82, 2.24) is 15.1 Å². The lowest BCUT2D eigenvalue weighted by molar-refractivity contribution is 0.0934. The van der Waals surface area contributed by atoms with Crippen LogP contribution in [0.2, 0.25) is 0 Å². The maximum absolute atomic E-state index is 12.1. The second kappa shape index (κ2) is 5.89. The van der Waals surface area contributed by atoms with Crippen molar-refractivity contribution in [3.8, 4) is 0 Å². The Bertz CT molecular complexity index is 407. The van der Waals surface area contributed by atoms with Gasteiger partial charge in [0.05, 0.1) is 11.9 Å². The number of carbonyl (C=O) groups is 1. The Balaban J connectivity index is 1.92. The van der Waals surface area contributed by atoms with Gasteiger partial charge in [0.2, 0.25) is 0 Å². The van der Waals surface area contributed by atoms with Gasteiger partial charge in [0, 0.05) is 13.1 Å². The molecule has 0 saturated heterocycles. The number of nitrogens with two attached hydrogens (primary N) is 1. The van der Waals surface area contributed by atoms with Crippen molar-refractivity contribution in [2.24, 2.45) is 5.92 Å². The smallest absolute Gasteiger partial charge is 0.271 e. The molecule has 1 aromatic heterocycles. The SMILES string of the molecule is CCn1ncc(N)c1C(=O)NCC1CCCCC1. The van der Waals surface area contributed by atoms with Gasteiger partial charge in [0.15, 0.2) is 0 Å². The summed E-state index contributed by atoms with van der Waals surface area (Å²) in [5.41, 5.74) is 6.73. The minimum Gasteiger partial charge on any atom is -0.396 e. The van der Waals surface area contributed by atoms with Crippen LogP contribution in [0.5, 0.6) is 0 Å². The summed E-state index contributed by atoms with van der Waals surface area (Å²) in [6.45, 7) is 3.36. The molecule has 1 aliphatic rings. The average molecular weight is 250 g/mol. The predicted octanol–water partition coefficient (Wildman–Crippen LogP) is 1.80. The quantitative estimate of drug-likeness (QED) is 0.855. The molecule has 0 atom stereocenters. The summed E-state index contributed by atoms with van der Waals surface area (Å²) >= 11 is 0. The number of aromatic nitrogens is 2. The zero-order valence-corrected chi connectivity index (χ0v) is 11.0. The molecular weight excluding hydrogens is 228 g/mol. The molecule has 5 heteroatoms. The zero-order valence-electron chi connectivity index (χ0n) is 11.0. The highest BCUT2D eigenvalue weighted by molar-refractivity contribution is 5.97. The number of rotatable bonds is 4. The highest BCUT2D eigenvalue weighted by atomic mass is 16.2. The van der Waals surface area contributed by atoms with Gasteiger partial charge in [-0.2, -0.15) is 5.10 Å². The molecule has 1 heterocycles. The molecule has 2 rings (SSSR count). The van der Waals surface area contributed by atoms with Crippen LogP contribution in [0.1, 0.15) is 49.5 Å². The van der Waals surface area contributed by atoms with Crippen molar-refractivity contribution in [1.29, 1.82) is 0 Å². The van der Waals surface area contributed by atoms with E-state index in [0.717, 1.165) is 6.54 Å². The van der Waals surface area contributed by atoms with Crippen LogP contribution in [0.25, 0.3) is 0 Å². The van der Waals surface area contributed by atoms with Gasteiger partial charge in [-0.15, -0.1) is 0 Å². The summed E-state index contributed by atoms with van der Waals surface area (Å²) < 4.78 is 1.64. The van der Waals surface area contributed by atoms with E-state index in [0.29, 0.717) is 23.8 Å². The van der Waals surface area contributed by atoms with E-state index >= 15 is 0 Å². The van der Waals surface area contributed by atoms with Crippen molar-refractivity contribution < 1.29 is 4.79 Å². The summed E-state index contributed by atoms with van der Waals surface area (Å²) in [4.78, 5) is 12.1. The second-order valence-electron chi connectivity index (χ2n) is 4.98. The Kier molecular flexibility index (Phi) is 4.23. The fraction of sp³-hybridized carbons (Fsp3) is 0.692. The van der Waals surface area contributed by atoms with Gasteiger partial charge in [-0.25, -0.2) is 0 Å². The van der Waals surface area contributed by atoms with Crippen molar-refractivity contribution in [3.63, 3.8) is 0 Å². The van der Waals surface area contributed by atoms with Gasteiger partial charge in [-0.3, -0.25) is 9.48 Å². The fourth-order valence-corrected chi connectivity index (χ4v) is 2.60. The maximum atomic E-state index is 12.1. The van der Waals surface area contributed by atoms with Crippen LogP contribution < -0.4 is 11.1 Å². The predicted molar refractivity (Wildman–Crippen MR) is 71.2 cm³/mol. The molecule has 18 heavy (non-hydrogen) atoms. The molecule has 1 aromatic rings. The molecule has 0 aliphatic heterocycles. The van der Waals surface area contributed by atoms with Crippen LogP contribution in [0.15, 0.2) is 6.20 Å². The lowest BCUT2D eigenvalue weighted by Crippen LogP contribution is -2.32. The number of amides is 1. The largest absolute Gasteiger partial charge is 0.396 e. The Morgan fingerprint density at radius 2 is 2.22 bits per heavy atom. The average Bonchev–Trinajstić information content (AvgIpc) is 2.78. The third kappa shape index (κ3) is 2.83. The first-order valence-corrected chi connectivity index (χ1v) is 6.81. The third-order valence-corrected chi connectivity index (χ3v) is 3.66. The molecule has 5 nitrogen and oxygen atoms in total. The molecule has 1 amide bonds. The van der Waals surface area contributed by atoms with Gasteiger partial charge in [0.25, 0.3) is 5.91 Å². The Hall–Kier alpha value is -1.52. The third-order valence-electron chi connectivity index (χ3n) is 3.66. The fourth-order valence-electron chi connectivity index (χ4n) is 2.60. The number of hydrogen-bond donors (Lipinski definition) is 2. The number of nitrogen functional groups attached to an aromatic ring is 1. The van der Waals surface area contributed by atoms with Gasteiger partial charge in [-0.1, -0.05) is 19.3 Å². The minimum atomic E-state index is -0.0996. The van der Waals surface area contributed by atoms with E-state index in [4.69, 9.17) is 5.73 Å². The molecule has 1 aliphatic carbocycles. The van der Waals surface area contributed by atoms with Crippen molar-refractivity contribution in [2.75, 3.05) is 12.3 Å². The van der Waals surface area contributed by atoms with Crippen molar-refractivity contribution in [3.05, 3.63) is 11.9 Å². The van der Waals surface area contributed by atoms with E-state index in [1.807, 2.05) is 6.92 Å². The molecule has 3 N–H and O–H groups in total. The van der Waals surface area contributed by atoms with Gasteiger partial charge in [-0.05, 0) is 25.7 Å². The van der Waals surface area contributed by atoms with Crippen molar-refractivity contribution >= 4 is 11.6 Å². The van der Waals surface area contributed by atoms with E-state index < -0.39 is 0 Å². The molecule has 0 aromatic carbocycles. The molecule has 0 unspecified atom stereocenters. The maximum Gasteiger partial charge on any atom is 0.271 e. The Morgan fingerprint density at radius 1 is 1.50 bits per heavy atom. The van der Waals surface area contributed by atoms with E-state index in [1.54, 1.807) is 10.9 Å². The van der Waals surface area contributed by atoms with E-state index in [9.17, 15) is 4.79 Å². The number of nitrogens with zero attached hydrogens (tertiary/aromatic N) is 2. The summed E-state index contributed by atoms with van der Waals surface area (Å²) in [5, 5.41) is 7.07. The van der Waals surface area contributed by atoms with E-state index in [-0.39, 0.29) is 5.91 Å². The number of aryl methyl sites for hydroxylation is 1. The number of hydrogen-bond acceptors (Lipinski definition) is 3. The summed E-state index contributed by atoms with van der Waals surface area (Å²) in [6.07, 6.45) is 7.90. The summed E-state index contributed by atoms with van der Waals surface area (Å²) in [7, 11) is 0. The normalized spacial score (nSPS) is 16.7. The molecular formula is C13H22N4O. The second-order valence-corrected chi connectivity index (χ2v) is 4.98. The van der Waals surface area contributed by atoms with E-state index in [1.165, 1.54) is 32.1 Å². The summed E-state index contributed by atoms with van der Waals surface area (Å²) in [5.74, 6) is 0.527. The molecule has 0 radical (unpaired) electrons. The minimum absolute atomic E-state index is 0.0996. The topological polar surface area (TPSA) is 72.9 Å². The molecule has 0 spiro atoms. The molecule has 0 bridgehead atoms. The van der Waals surface area contributed by atoms with Crippen LogP contribution in [-0.4, -0.2) is 22.2 Å². The van der Waals surface area contributed by atoms with Crippen LogP contribution >= 0.6 is 0 Å². The number of nitrogens with one attached hydrogen (secondary N) is 1. The first-order chi connectivity index (χ1) is 8.72. The zero-order chi connectivity index (χ0) is 13.0. The van der Waals surface area contributed by atoms with E-state index in [2.05, 4.69) is 10.4 Å². The molecule has 100 valence electrons. The highest BCUT2D eigenvalue weighted by Crippen LogP contribution is 2.23. The molecule has 1 saturated carbocycles. The lowest BCUT2D eigenvalue weighted by atomic mass is 9.89. The first-order valence-electron chi connectivity index (χ1n) is 6.81. The van der Waals surface area contributed by atoms with Gasteiger partial charge < -0.3 is 11.1 Å². The number of anilines is 1. The first kappa shape index (κ1) is 12.9. The van der Waals surface area contributed by atoms with Crippen LogP contribution in [-0.2, 0) is 6.54 Å². The lowest BCUT2D eigenvalue weighted by Gasteiger charge is -2.21. The Morgan fingerprint density at radius 3 is 2.89 bits per heavy atom. The van der Waals surface area contributed by atoms with Crippen LogP contribution in [0, 0.1) is 5.92 Å². The van der Waals surface area contributed by atoms with Crippen LogP contribution in [0.3, 0.4) is 0 Å². The summed E-state index contributed by atoms with van der Waals surface area (Å²) in [6, 6.07) is 0. The van der Waals surface area contributed by atoms with Crippen LogP contribution in [0.4, 0.5) is 5.69 Å². The highest BCUT2D eigenvalue weighted by Gasteiger charge is 2.18. The van der Waals surface area contributed by atoms with Crippen molar-refractivity contribution in [2.45, 2.75) is 45.6 Å². The van der Waals surface area contributed by atoms with Gasteiger partial charge >= 0.3 is 0 Å².